The quantitative estimate of drug-likeness (QED) is 0.658. The number of aromatic nitrogens is 1. The van der Waals surface area contributed by atoms with E-state index in [0.717, 1.165) is 31.7 Å². The van der Waals surface area contributed by atoms with Crippen LogP contribution in [0.3, 0.4) is 0 Å². The molecule has 3 N–H and O–H groups in total. The second kappa shape index (κ2) is 5.67. The van der Waals surface area contributed by atoms with E-state index in [2.05, 4.69) is 16.4 Å². The fraction of sp³-hybridized carbons (Fsp3) is 0.500. The van der Waals surface area contributed by atoms with E-state index < -0.39 is 0 Å². The molecule has 1 heterocycles. The van der Waals surface area contributed by atoms with Gasteiger partial charge in [-0.15, -0.1) is 0 Å². The van der Waals surface area contributed by atoms with Crippen LogP contribution >= 0.6 is 0 Å². The Morgan fingerprint density at radius 3 is 2.92 bits per heavy atom. The predicted molar refractivity (Wildman–Crippen MR) is 54.4 cm³/mol. The third-order valence-corrected chi connectivity index (χ3v) is 1.86. The first-order valence-corrected chi connectivity index (χ1v) is 4.65. The first-order valence-electron chi connectivity index (χ1n) is 4.65. The molecule has 13 heavy (non-hydrogen) atoms. The minimum Gasteiger partial charge on any atom is -0.330 e. The van der Waals surface area contributed by atoms with Gasteiger partial charge in [-0.05, 0) is 38.1 Å². The van der Waals surface area contributed by atoms with Crippen molar-refractivity contribution in [1.82, 2.24) is 10.3 Å². The highest BCUT2D eigenvalue weighted by atomic mass is 14.9. The molecule has 1 aromatic heterocycles. The molecule has 1 aromatic rings. The summed E-state index contributed by atoms with van der Waals surface area (Å²) in [5, 5.41) is 3.30. The first kappa shape index (κ1) is 10.2. The van der Waals surface area contributed by atoms with Gasteiger partial charge in [0.15, 0.2) is 0 Å². The Labute approximate surface area is 79.4 Å². The lowest BCUT2D eigenvalue weighted by Crippen LogP contribution is -2.17. The van der Waals surface area contributed by atoms with Gasteiger partial charge in [-0.1, -0.05) is 6.07 Å². The van der Waals surface area contributed by atoms with Crippen LogP contribution in [0.25, 0.3) is 0 Å². The van der Waals surface area contributed by atoms with Crippen LogP contribution in [-0.4, -0.2) is 18.1 Å². The zero-order valence-electron chi connectivity index (χ0n) is 8.09. The molecule has 0 bridgehead atoms. The Bertz CT molecular complexity index is 230. The highest BCUT2D eigenvalue weighted by Gasteiger charge is 1.91. The number of aryl methyl sites for hydroxylation is 1. The van der Waals surface area contributed by atoms with Gasteiger partial charge in [0, 0.05) is 18.4 Å². The maximum absolute atomic E-state index is 5.38. The fourth-order valence-electron chi connectivity index (χ4n) is 1.06. The molecule has 1 rings (SSSR count). The lowest BCUT2D eigenvalue weighted by Gasteiger charge is -2.03. The Kier molecular flexibility index (Phi) is 4.43. The molecule has 3 nitrogen and oxygen atoms in total. The van der Waals surface area contributed by atoms with E-state index in [1.54, 1.807) is 0 Å². The molecule has 72 valence electrons. The van der Waals surface area contributed by atoms with Crippen LogP contribution in [0.5, 0.6) is 0 Å². The van der Waals surface area contributed by atoms with E-state index in [1.165, 1.54) is 5.56 Å². The van der Waals surface area contributed by atoms with Gasteiger partial charge in [-0.25, -0.2) is 0 Å². The van der Waals surface area contributed by atoms with Crippen LogP contribution in [0.2, 0.25) is 0 Å². The Morgan fingerprint density at radius 2 is 2.31 bits per heavy atom. The van der Waals surface area contributed by atoms with E-state index in [0.29, 0.717) is 0 Å². The third kappa shape index (κ3) is 4.01. The molecule has 0 fully saturated rings. The first-order chi connectivity index (χ1) is 6.33. The van der Waals surface area contributed by atoms with Crippen molar-refractivity contribution in [2.75, 3.05) is 13.1 Å². The van der Waals surface area contributed by atoms with Gasteiger partial charge < -0.3 is 11.1 Å². The van der Waals surface area contributed by atoms with Crippen molar-refractivity contribution in [1.29, 1.82) is 0 Å². The van der Waals surface area contributed by atoms with Crippen LogP contribution in [0.1, 0.15) is 17.7 Å². The van der Waals surface area contributed by atoms with Crippen LogP contribution in [0.4, 0.5) is 0 Å². The highest BCUT2D eigenvalue weighted by Crippen LogP contribution is 1.98. The molecule has 0 saturated carbocycles. The molecule has 0 aliphatic rings. The number of hydrogen-bond donors (Lipinski definition) is 2. The summed E-state index contributed by atoms with van der Waals surface area (Å²) >= 11 is 0. The summed E-state index contributed by atoms with van der Waals surface area (Å²) in [7, 11) is 0. The van der Waals surface area contributed by atoms with E-state index in [1.807, 2.05) is 19.2 Å². The number of nitrogens with two attached hydrogens (primary N) is 1. The summed E-state index contributed by atoms with van der Waals surface area (Å²) in [5.41, 5.74) is 7.66. The molecule has 0 saturated heterocycles. The number of nitrogens with one attached hydrogen (secondary N) is 1. The minimum absolute atomic E-state index is 0.749. The number of rotatable bonds is 5. The molecule has 0 aliphatic heterocycles. The van der Waals surface area contributed by atoms with Crippen molar-refractivity contribution < 1.29 is 0 Å². The monoisotopic (exact) mass is 179 g/mol. The second-order valence-corrected chi connectivity index (χ2v) is 3.13. The zero-order valence-corrected chi connectivity index (χ0v) is 8.09. The topological polar surface area (TPSA) is 50.9 Å². The van der Waals surface area contributed by atoms with Gasteiger partial charge >= 0.3 is 0 Å². The maximum atomic E-state index is 5.38. The summed E-state index contributed by atoms with van der Waals surface area (Å²) in [6, 6.07) is 4.12. The molecule has 0 aliphatic carbocycles. The van der Waals surface area contributed by atoms with E-state index >= 15 is 0 Å². The van der Waals surface area contributed by atoms with Crippen LogP contribution in [-0.2, 0) is 6.54 Å². The average molecular weight is 179 g/mol. The van der Waals surface area contributed by atoms with Crippen molar-refractivity contribution in [3.63, 3.8) is 0 Å². The summed E-state index contributed by atoms with van der Waals surface area (Å²) < 4.78 is 0. The number of hydrogen-bond acceptors (Lipinski definition) is 3. The highest BCUT2D eigenvalue weighted by molar-refractivity contribution is 5.12. The van der Waals surface area contributed by atoms with E-state index in [4.69, 9.17) is 5.73 Å². The summed E-state index contributed by atoms with van der Waals surface area (Å²) in [4.78, 5) is 4.21. The van der Waals surface area contributed by atoms with E-state index in [9.17, 15) is 0 Å². The molecular formula is C10H17N3. The largest absolute Gasteiger partial charge is 0.330 e. The summed E-state index contributed by atoms with van der Waals surface area (Å²) in [6.45, 7) is 4.60. The molecule has 0 spiro atoms. The lowest BCUT2D eigenvalue weighted by atomic mass is 10.2. The predicted octanol–water partition coefficient (Wildman–Crippen LogP) is 0.828. The second-order valence-electron chi connectivity index (χ2n) is 3.13. The standard InChI is InChI=1S/C10H17N3/c1-9-3-4-10(8-13-9)7-12-6-2-5-11/h3-4,8,12H,2,5-7,11H2,1H3. The molecule has 0 amide bonds. The van der Waals surface area contributed by atoms with Gasteiger partial charge in [0.2, 0.25) is 0 Å². The SMILES string of the molecule is Cc1ccc(CNCCCN)cn1. The summed E-state index contributed by atoms with van der Waals surface area (Å²) in [6.07, 6.45) is 2.93. The van der Waals surface area contributed by atoms with Gasteiger partial charge in [0.05, 0.1) is 0 Å². The lowest BCUT2D eigenvalue weighted by molar-refractivity contribution is 0.654. The van der Waals surface area contributed by atoms with Gasteiger partial charge in [-0.3, -0.25) is 4.98 Å². The molecule has 0 unspecified atom stereocenters. The van der Waals surface area contributed by atoms with Crippen molar-refractivity contribution in [3.8, 4) is 0 Å². The zero-order chi connectivity index (χ0) is 9.52. The summed E-state index contributed by atoms with van der Waals surface area (Å²) in [5.74, 6) is 0. The van der Waals surface area contributed by atoms with Crippen LogP contribution in [0, 0.1) is 6.92 Å². The third-order valence-electron chi connectivity index (χ3n) is 1.86. The molecule has 3 heteroatoms. The minimum atomic E-state index is 0.749. The van der Waals surface area contributed by atoms with Crippen LogP contribution < -0.4 is 11.1 Å². The number of pyridine rings is 1. The van der Waals surface area contributed by atoms with Crippen molar-refractivity contribution >= 4 is 0 Å². The maximum Gasteiger partial charge on any atom is 0.0372 e. The number of nitrogens with zero attached hydrogens (tertiary/aromatic N) is 1. The van der Waals surface area contributed by atoms with Crippen molar-refractivity contribution in [2.45, 2.75) is 19.9 Å². The fourth-order valence-corrected chi connectivity index (χ4v) is 1.06. The molecular weight excluding hydrogens is 162 g/mol. The molecule has 0 radical (unpaired) electrons. The Morgan fingerprint density at radius 1 is 1.46 bits per heavy atom. The van der Waals surface area contributed by atoms with Gasteiger partial charge in [-0.2, -0.15) is 0 Å². The van der Waals surface area contributed by atoms with Crippen LogP contribution in [0.15, 0.2) is 18.3 Å². The smallest absolute Gasteiger partial charge is 0.0372 e. The van der Waals surface area contributed by atoms with Crippen molar-refractivity contribution in [3.05, 3.63) is 29.6 Å². The van der Waals surface area contributed by atoms with Gasteiger partial charge in [0.25, 0.3) is 0 Å². The van der Waals surface area contributed by atoms with E-state index in [-0.39, 0.29) is 0 Å². The molecule has 0 aromatic carbocycles. The Balaban J connectivity index is 2.25. The Hall–Kier alpha value is -0.930. The van der Waals surface area contributed by atoms with Gasteiger partial charge in [0.1, 0.15) is 0 Å². The average Bonchev–Trinajstić information content (AvgIpc) is 2.15. The molecule has 0 atom stereocenters. The normalized spacial score (nSPS) is 10.3. The van der Waals surface area contributed by atoms with Crippen molar-refractivity contribution in [2.24, 2.45) is 5.73 Å².